The summed E-state index contributed by atoms with van der Waals surface area (Å²) in [6.07, 6.45) is 6.64. The molecule has 0 saturated heterocycles. The smallest absolute Gasteiger partial charge is 0.103 e. The van der Waals surface area contributed by atoms with E-state index in [9.17, 15) is 11.9 Å². The van der Waals surface area contributed by atoms with Gasteiger partial charge in [0.2, 0.25) is 0 Å². The number of fused-ring (bicyclic) bond motifs is 1. The topological polar surface area (TPSA) is 125 Å². The van der Waals surface area contributed by atoms with Crippen LogP contribution in [0.25, 0.3) is 10.9 Å². The van der Waals surface area contributed by atoms with E-state index in [1.807, 2.05) is 18.2 Å². The second kappa shape index (κ2) is 11.1. The largest absolute Gasteiger partial charge is 0.383 e. The molecule has 0 fully saturated rings. The quantitative estimate of drug-likeness (QED) is 0.219. The van der Waals surface area contributed by atoms with Gasteiger partial charge in [-0.05, 0) is 47.4 Å². The normalized spacial score (nSPS) is 14.8. The standard InChI is InChI=1S/C30H28ClN9/c1-30(2,3)18-36-27-21(14-33)15-35-29-24(27)11-22(12-25(29)31)37-28(20-7-4-6-19(10-20)13-32)26-17-40(39-38-26)23-8-5-9-34-16-23/h4-12,15-17,28,37-39H,18H2,1-3H3,(H,35,36)/i28D. The van der Waals surface area contributed by atoms with Gasteiger partial charge in [-0.25, -0.2) is 0 Å². The van der Waals surface area contributed by atoms with E-state index in [2.05, 4.69) is 64.5 Å². The van der Waals surface area contributed by atoms with Crippen LogP contribution in [0.4, 0.5) is 17.1 Å². The number of pyridine rings is 2. The zero-order chi connectivity index (χ0) is 29.2. The van der Waals surface area contributed by atoms with Crippen molar-refractivity contribution < 1.29 is 1.37 Å². The number of rotatable bonds is 7. The second-order valence-electron chi connectivity index (χ2n) is 10.5. The van der Waals surface area contributed by atoms with Crippen LogP contribution in [0.3, 0.4) is 0 Å². The zero-order valence-electron chi connectivity index (χ0n) is 23.2. The van der Waals surface area contributed by atoms with Crippen LogP contribution in [0.1, 0.15) is 44.9 Å². The molecule has 10 heteroatoms. The lowest BCUT2D eigenvalue weighted by Crippen LogP contribution is -2.37. The molecule has 4 N–H and O–H groups in total. The molecule has 40 heavy (non-hydrogen) atoms. The van der Waals surface area contributed by atoms with E-state index in [4.69, 9.17) is 11.6 Å². The van der Waals surface area contributed by atoms with Crippen LogP contribution in [-0.4, -0.2) is 16.5 Å². The third-order valence-electron chi connectivity index (χ3n) is 6.15. The third kappa shape index (κ3) is 5.76. The van der Waals surface area contributed by atoms with Gasteiger partial charge in [-0.2, -0.15) is 10.5 Å². The molecule has 1 unspecified atom stereocenters. The van der Waals surface area contributed by atoms with Crippen LogP contribution >= 0.6 is 11.6 Å². The Labute approximate surface area is 239 Å². The Balaban J connectivity index is 1.63. The molecule has 1 atom stereocenters. The predicted octanol–water partition coefficient (Wildman–Crippen LogP) is 6.01. The summed E-state index contributed by atoms with van der Waals surface area (Å²) >= 11 is 6.73. The Morgan fingerprint density at radius 2 is 1.98 bits per heavy atom. The first kappa shape index (κ1) is 25.4. The number of halogens is 1. The minimum Gasteiger partial charge on any atom is -0.383 e. The molecule has 9 nitrogen and oxygen atoms in total. The Morgan fingerprint density at radius 1 is 1.12 bits per heavy atom. The summed E-state index contributed by atoms with van der Waals surface area (Å²) in [5.41, 5.74) is 10.4. The van der Waals surface area contributed by atoms with Crippen molar-refractivity contribution in [1.82, 2.24) is 20.9 Å². The molecule has 5 rings (SSSR count). The molecule has 0 spiro atoms. The van der Waals surface area contributed by atoms with Crippen molar-refractivity contribution in [2.75, 3.05) is 22.2 Å². The van der Waals surface area contributed by atoms with Crippen LogP contribution in [-0.2, 0) is 0 Å². The maximum Gasteiger partial charge on any atom is 0.103 e. The molecule has 1 aliphatic heterocycles. The molecule has 0 aliphatic carbocycles. The molecule has 4 aromatic rings. The number of nitrogens with one attached hydrogen (secondary N) is 4. The minimum atomic E-state index is -1.59. The van der Waals surface area contributed by atoms with Gasteiger partial charge in [0.1, 0.15) is 6.07 Å². The number of hydrazine groups is 2. The van der Waals surface area contributed by atoms with E-state index in [-0.39, 0.29) is 5.41 Å². The number of hydrogen-bond donors (Lipinski definition) is 4. The predicted molar refractivity (Wildman–Crippen MR) is 158 cm³/mol. The summed E-state index contributed by atoms with van der Waals surface area (Å²) in [4.78, 5) is 8.61. The highest BCUT2D eigenvalue weighted by Crippen LogP contribution is 2.36. The van der Waals surface area contributed by atoms with Crippen molar-refractivity contribution >= 4 is 39.6 Å². The lowest BCUT2D eigenvalue weighted by atomic mass is 9.96. The average Bonchev–Trinajstić information content (AvgIpc) is 3.47. The maximum absolute atomic E-state index is 9.83. The molecule has 0 bridgehead atoms. The monoisotopic (exact) mass is 550 g/mol. The van der Waals surface area contributed by atoms with Crippen LogP contribution in [0.15, 0.2) is 79.0 Å². The van der Waals surface area contributed by atoms with Crippen LogP contribution < -0.4 is 26.6 Å². The first-order valence-corrected chi connectivity index (χ1v) is 13.0. The van der Waals surface area contributed by atoms with Crippen molar-refractivity contribution in [1.29, 1.82) is 10.5 Å². The van der Waals surface area contributed by atoms with E-state index < -0.39 is 6.02 Å². The molecule has 200 valence electrons. The van der Waals surface area contributed by atoms with Gasteiger partial charge in [0.15, 0.2) is 0 Å². The van der Waals surface area contributed by atoms with Gasteiger partial charge < -0.3 is 16.1 Å². The molecule has 1 aliphatic rings. The summed E-state index contributed by atoms with van der Waals surface area (Å²) in [6.45, 7) is 6.92. The molecular weight excluding hydrogens is 522 g/mol. The van der Waals surface area contributed by atoms with Gasteiger partial charge in [0.25, 0.3) is 0 Å². The Bertz CT molecular complexity index is 1720. The summed E-state index contributed by atoms with van der Waals surface area (Å²) < 4.78 is 9.73. The van der Waals surface area contributed by atoms with Crippen molar-refractivity contribution in [3.8, 4) is 12.1 Å². The lowest BCUT2D eigenvalue weighted by molar-refractivity contribution is 0.443. The van der Waals surface area contributed by atoms with Gasteiger partial charge in [0, 0.05) is 36.2 Å². The molecular formula is C30H28ClN9. The van der Waals surface area contributed by atoms with E-state index in [0.717, 1.165) is 5.69 Å². The fourth-order valence-corrected chi connectivity index (χ4v) is 4.49. The number of nitrogens with zero attached hydrogens (tertiary/aromatic N) is 5. The molecule has 0 radical (unpaired) electrons. The summed E-state index contributed by atoms with van der Waals surface area (Å²) in [5, 5.41) is 28.9. The van der Waals surface area contributed by atoms with Crippen LogP contribution in [0, 0.1) is 28.1 Å². The van der Waals surface area contributed by atoms with Crippen LogP contribution in [0.2, 0.25) is 5.02 Å². The van der Waals surface area contributed by atoms with Crippen molar-refractivity contribution in [3.05, 3.63) is 101 Å². The second-order valence-corrected chi connectivity index (χ2v) is 10.9. The summed E-state index contributed by atoms with van der Waals surface area (Å²) in [6, 6.07) is 16.9. The fourth-order valence-electron chi connectivity index (χ4n) is 4.22. The zero-order valence-corrected chi connectivity index (χ0v) is 23.0. The van der Waals surface area contributed by atoms with Crippen molar-refractivity contribution in [3.63, 3.8) is 0 Å². The van der Waals surface area contributed by atoms with Crippen molar-refractivity contribution in [2.45, 2.75) is 26.8 Å². The molecule has 3 heterocycles. The summed E-state index contributed by atoms with van der Waals surface area (Å²) in [5.74, 6) is 0. The lowest BCUT2D eigenvalue weighted by Gasteiger charge is -2.23. The number of aromatic nitrogens is 2. The first-order valence-electron chi connectivity index (χ1n) is 13.1. The maximum atomic E-state index is 9.83. The fraction of sp³-hybridized carbons (Fsp3) is 0.200. The van der Waals surface area contributed by atoms with Gasteiger partial charge in [-0.15, -0.1) is 5.53 Å². The van der Waals surface area contributed by atoms with E-state index in [1.165, 1.54) is 6.20 Å². The highest BCUT2D eigenvalue weighted by molar-refractivity contribution is 6.35. The van der Waals surface area contributed by atoms with Gasteiger partial charge in [-0.1, -0.05) is 44.5 Å². The van der Waals surface area contributed by atoms with Gasteiger partial charge >= 0.3 is 0 Å². The minimum absolute atomic E-state index is 0.0438. The molecule has 2 aromatic carbocycles. The third-order valence-corrected chi connectivity index (χ3v) is 6.44. The van der Waals surface area contributed by atoms with Crippen molar-refractivity contribution in [2.24, 2.45) is 5.41 Å². The highest BCUT2D eigenvalue weighted by Gasteiger charge is 2.24. The molecule has 2 aromatic heterocycles. The van der Waals surface area contributed by atoms with E-state index in [0.29, 0.717) is 56.2 Å². The average molecular weight is 551 g/mol. The number of nitriles is 2. The summed E-state index contributed by atoms with van der Waals surface area (Å²) in [7, 11) is 0. The SMILES string of the molecule is [2H]C(Nc1cc(Cl)c2ncc(C#N)c(NCC(C)(C)C)c2c1)(C1=CN(c2cccnc2)NN1)c1cccc(C#N)c1. The Kier molecular flexibility index (Phi) is 7.07. The Hall–Kier alpha value is -4.83. The number of anilines is 3. The van der Waals surface area contributed by atoms with Gasteiger partial charge in [-0.3, -0.25) is 15.0 Å². The highest BCUT2D eigenvalue weighted by atomic mass is 35.5. The first-order chi connectivity index (χ1) is 19.6. The van der Waals surface area contributed by atoms with E-state index >= 15 is 0 Å². The number of benzene rings is 2. The molecule has 0 saturated carbocycles. The van der Waals surface area contributed by atoms with Crippen LogP contribution in [0.5, 0.6) is 0 Å². The van der Waals surface area contributed by atoms with E-state index in [1.54, 1.807) is 53.9 Å². The Morgan fingerprint density at radius 3 is 2.70 bits per heavy atom. The molecule has 0 amide bonds. The number of hydrogen-bond acceptors (Lipinski definition) is 9. The van der Waals surface area contributed by atoms with Gasteiger partial charge in [0.05, 0.1) is 58.4 Å².